The Hall–Kier alpha value is -3.84. The van der Waals surface area contributed by atoms with Crippen molar-refractivity contribution in [1.29, 1.82) is 0 Å². The highest BCUT2D eigenvalue weighted by atomic mass is 35.5. The molecule has 180 valence electrons. The predicted molar refractivity (Wildman–Crippen MR) is 140 cm³/mol. The number of halogens is 1. The number of rotatable bonds is 8. The first-order valence-corrected chi connectivity index (χ1v) is 11.6. The Morgan fingerprint density at radius 3 is 2.69 bits per heavy atom. The van der Waals surface area contributed by atoms with Crippen LogP contribution in [0.2, 0.25) is 5.15 Å². The maximum absolute atomic E-state index is 6.79. The van der Waals surface area contributed by atoms with Gasteiger partial charge >= 0.3 is 0 Å². The molecule has 8 heteroatoms. The van der Waals surface area contributed by atoms with Gasteiger partial charge in [0.05, 0.1) is 14.2 Å². The van der Waals surface area contributed by atoms with E-state index >= 15 is 0 Å². The van der Waals surface area contributed by atoms with E-state index in [-0.39, 0.29) is 0 Å². The van der Waals surface area contributed by atoms with Crippen LogP contribution in [0.5, 0.6) is 5.75 Å². The second-order valence-corrected chi connectivity index (χ2v) is 8.38. The lowest BCUT2D eigenvalue weighted by Gasteiger charge is -2.12. The van der Waals surface area contributed by atoms with Crippen LogP contribution in [0, 0.1) is 6.92 Å². The molecule has 1 aromatic carbocycles. The van der Waals surface area contributed by atoms with Crippen LogP contribution in [-0.2, 0) is 11.8 Å². The van der Waals surface area contributed by atoms with Crippen molar-refractivity contribution in [3.05, 3.63) is 83.6 Å². The van der Waals surface area contributed by atoms with Gasteiger partial charge in [0.25, 0.3) is 0 Å². The number of nitrogens with zero attached hydrogens (tertiary/aromatic N) is 5. The van der Waals surface area contributed by atoms with Gasteiger partial charge < -0.3 is 14.0 Å². The van der Waals surface area contributed by atoms with Gasteiger partial charge in [-0.05, 0) is 48.3 Å². The van der Waals surface area contributed by atoms with Crippen LogP contribution in [0.4, 0.5) is 0 Å². The molecule has 3 heterocycles. The maximum Gasteiger partial charge on any atom is 0.217 e. The average Bonchev–Trinajstić information content (AvgIpc) is 3.45. The molecule has 0 spiro atoms. The van der Waals surface area contributed by atoms with E-state index in [0.717, 1.165) is 40.0 Å². The van der Waals surface area contributed by atoms with Crippen molar-refractivity contribution in [2.45, 2.75) is 20.3 Å². The van der Waals surface area contributed by atoms with Crippen LogP contribution in [-0.4, -0.2) is 38.4 Å². The summed E-state index contributed by atoms with van der Waals surface area (Å²) in [4.78, 5) is 8.95. The number of imidazole rings is 1. The van der Waals surface area contributed by atoms with E-state index in [1.165, 1.54) is 0 Å². The molecule has 0 bridgehead atoms. The highest BCUT2D eigenvalue weighted by molar-refractivity contribution is 6.33. The Labute approximate surface area is 210 Å². The number of ether oxygens (including phenoxy) is 2. The summed E-state index contributed by atoms with van der Waals surface area (Å²) in [6, 6.07) is 5.94. The lowest BCUT2D eigenvalue weighted by atomic mass is 9.94. The third kappa shape index (κ3) is 4.59. The second kappa shape index (κ2) is 10.2. The van der Waals surface area contributed by atoms with E-state index in [4.69, 9.17) is 26.2 Å². The van der Waals surface area contributed by atoms with E-state index in [2.05, 4.69) is 23.5 Å². The molecule has 4 aromatic rings. The number of allylic oxidation sites excluding steroid dienone is 4. The summed E-state index contributed by atoms with van der Waals surface area (Å²) in [7, 11) is 5.19. The van der Waals surface area contributed by atoms with Crippen molar-refractivity contribution < 1.29 is 9.47 Å². The van der Waals surface area contributed by atoms with E-state index in [1.54, 1.807) is 24.9 Å². The van der Waals surface area contributed by atoms with Crippen molar-refractivity contribution in [3.8, 4) is 28.5 Å². The van der Waals surface area contributed by atoms with Gasteiger partial charge in [-0.1, -0.05) is 43.3 Å². The fourth-order valence-corrected chi connectivity index (χ4v) is 4.29. The third-order valence-corrected chi connectivity index (χ3v) is 6.06. The summed E-state index contributed by atoms with van der Waals surface area (Å²) in [5.41, 5.74) is 5.07. The SMILES string of the molecule is C=C(/C=C(\C=C/CC)OC)c1c(-c2cccc(OC)c2C)cn2nc(-c3nccn3C)nc(Cl)c12. The standard InChI is InChI=1S/C27H28ClN5O2/c1-7-8-10-19(34-5)15-17(2)23-21(20-11-9-12-22(35-6)18(20)3)16-33-24(23)25(28)30-26(31-33)27-29-13-14-32(27)4/h8-16H,2,7H2,1,3-6H3/b10-8-,19-15+. The lowest BCUT2D eigenvalue weighted by Crippen LogP contribution is -2.02. The Balaban J connectivity index is 2.01. The van der Waals surface area contributed by atoms with Gasteiger partial charge in [0.15, 0.2) is 11.0 Å². The first kappa shape index (κ1) is 24.3. The van der Waals surface area contributed by atoms with Crippen LogP contribution < -0.4 is 4.74 Å². The number of hydrogen-bond acceptors (Lipinski definition) is 5. The fraction of sp³-hybridized carbons (Fsp3) is 0.222. The summed E-state index contributed by atoms with van der Waals surface area (Å²) >= 11 is 6.79. The molecule has 7 nitrogen and oxygen atoms in total. The molecule has 0 aliphatic heterocycles. The number of aryl methyl sites for hydroxylation is 1. The van der Waals surface area contributed by atoms with Gasteiger partial charge in [0.1, 0.15) is 17.0 Å². The Morgan fingerprint density at radius 2 is 2.03 bits per heavy atom. The van der Waals surface area contributed by atoms with Gasteiger partial charge in [0, 0.05) is 36.8 Å². The van der Waals surface area contributed by atoms with Crippen molar-refractivity contribution >= 4 is 22.7 Å². The molecule has 0 atom stereocenters. The topological polar surface area (TPSA) is 66.5 Å². The van der Waals surface area contributed by atoms with Gasteiger partial charge in [-0.2, -0.15) is 0 Å². The number of benzene rings is 1. The molecule has 0 radical (unpaired) electrons. The van der Waals surface area contributed by atoms with E-state index in [1.807, 2.05) is 67.4 Å². The molecule has 0 saturated carbocycles. The minimum atomic E-state index is 0.303. The lowest BCUT2D eigenvalue weighted by molar-refractivity contribution is 0.307. The van der Waals surface area contributed by atoms with Crippen LogP contribution in [0.1, 0.15) is 24.5 Å². The van der Waals surface area contributed by atoms with E-state index in [9.17, 15) is 0 Å². The fourth-order valence-electron chi connectivity index (χ4n) is 4.03. The van der Waals surface area contributed by atoms with Gasteiger partial charge in [-0.15, -0.1) is 5.10 Å². The first-order valence-electron chi connectivity index (χ1n) is 11.2. The Morgan fingerprint density at radius 1 is 1.23 bits per heavy atom. The molecule has 35 heavy (non-hydrogen) atoms. The van der Waals surface area contributed by atoms with Crippen LogP contribution >= 0.6 is 11.6 Å². The second-order valence-electron chi connectivity index (χ2n) is 8.02. The first-order chi connectivity index (χ1) is 16.9. The quantitative estimate of drug-likeness (QED) is 0.215. The van der Waals surface area contributed by atoms with Gasteiger partial charge in [-0.25, -0.2) is 14.5 Å². The zero-order chi connectivity index (χ0) is 25.1. The highest BCUT2D eigenvalue weighted by Gasteiger charge is 2.22. The van der Waals surface area contributed by atoms with Crippen LogP contribution in [0.3, 0.4) is 0 Å². The Bertz CT molecular complexity index is 1460. The Kier molecular flexibility index (Phi) is 7.07. The average molecular weight is 490 g/mol. The maximum atomic E-state index is 6.79. The molecule has 0 aliphatic carbocycles. The molecule has 0 saturated heterocycles. The zero-order valence-electron chi connectivity index (χ0n) is 20.5. The third-order valence-electron chi connectivity index (χ3n) is 5.80. The molecule has 0 amide bonds. The van der Waals surface area contributed by atoms with Gasteiger partial charge in [-0.3, -0.25) is 0 Å². The molecule has 3 aromatic heterocycles. The predicted octanol–water partition coefficient (Wildman–Crippen LogP) is 6.28. The summed E-state index contributed by atoms with van der Waals surface area (Å²) in [5, 5.41) is 5.05. The number of aromatic nitrogens is 5. The smallest absolute Gasteiger partial charge is 0.217 e. The van der Waals surface area contributed by atoms with E-state index in [0.29, 0.717) is 28.1 Å². The number of methoxy groups -OCH3 is 2. The molecule has 4 rings (SSSR count). The highest BCUT2D eigenvalue weighted by Crippen LogP contribution is 2.40. The molecule has 0 fully saturated rings. The molecule has 0 aliphatic rings. The van der Waals surface area contributed by atoms with Crippen molar-refractivity contribution in [2.24, 2.45) is 7.05 Å². The van der Waals surface area contributed by atoms with Gasteiger partial charge in [0.2, 0.25) is 5.82 Å². The minimum Gasteiger partial charge on any atom is -0.497 e. The zero-order valence-corrected chi connectivity index (χ0v) is 21.3. The normalized spacial score (nSPS) is 12.0. The summed E-state index contributed by atoms with van der Waals surface area (Å²) < 4.78 is 14.7. The van der Waals surface area contributed by atoms with Crippen molar-refractivity contribution in [1.82, 2.24) is 24.1 Å². The minimum absolute atomic E-state index is 0.303. The molecular weight excluding hydrogens is 462 g/mol. The van der Waals surface area contributed by atoms with E-state index < -0.39 is 0 Å². The molecule has 0 unspecified atom stereocenters. The summed E-state index contributed by atoms with van der Waals surface area (Å²) in [5.74, 6) is 2.52. The number of hydrogen-bond donors (Lipinski definition) is 0. The van der Waals surface area contributed by atoms with Crippen LogP contribution in [0.25, 0.3) is 33.9 Å². The monoisotopic (exact) mass is 489 g/mol. The summed E-state index contributed by atoms with van der Waals surface area (Å²) in [6.07, 6.45) is 12.2. The van der Waals surface area contributed by atoms with Crippen LogP contribution in [0.15, 0.2) is 67.4 Å². The van der Waals surface area contributed by atoms with Crippen molar-refractivity contribution in [3.63, 3.8) is 0 Å². The van der Waals surface area contributed by atoms with Crippen molar-refractivity contribution in [2.75, 3.05) is 14.2 Å². The number of fused-ring (bicyclic) bond motifs is 1. The molecular formula is C27H28ClN5O2. The largest absolute Gasteiger partial charge is 0.497 e. The summed E-state index contributed by atoms with van der Waals surface area (Å²) in [6.45, 7) is 8.46. The molecule has 0 N–H and O–H groups in total.